The Morgan fingerprint density at radius 2 is 2.00 bits per heavy atom. The van der Waals surface area contributed by atoms with Crippen LogP contribution in [0.25, 0.3) is 5.57 Å². The lowest BCUT2D eigenvalue weighted by molar-refractivity contribution is 0.253. The fourth-order valence-electron chi connectivity index (χ4n) is 1.84. The first-order valence-electron chi connectivity index (χ1n) is 4.68. The van der Waals surface area contributed by atoms with E-state index in [9.17, 15) is 13.5 Å². The summed E-state index contributed by atoms with van der Waals surface area (Å²) < 4.78 is 23.5. The quantitative estimate of drug-likeness (QED) is 0.786. The Balaban J connectivity index is 2.80. The van der Waals surface area contributed by atoms with E-state index in [1.54, 1.807) is 19.1 Å². The molecule has 0 aliphatic carbocycles. The molecular formula is C11H12O3S. The molecule has 1 unspecified atom stereocenters. The van der Waals surface area contributed by atoms with Gasteiger partial charge in [-0.05, 0) is 25.5 Å². The molecule has 0 saturated carbocycles. The highest BCUT2D eigenvalue weighted by Gasteiger charge is 2.29. The predicted molar refractivity (Wildman–Crippen MR) is 58.0 cm³/mol. The number of benzene rings is 1. The fraction of sp³-hybridized carbons (Fsp3) is 0.273. The van der Waals surface area contributed by atoms with E-state index in [0.29, 0.717) is 16.0 Å². The van der Waals surface area contributed by atoms with Gasteiger partial charge in [0, 0.05) is 16.5 Å². The maximum absolute atomic E-state index is 11.7. The van der Waals surface area contributed by atoms with Crippen molar-refractivity contribution in [3.63, 3.8) is 0 Å². The first kappa shape index (κ1) is 10.4. The number of aliphatic hydroxyl groups excluding tert-OH is 1. The van der Waals surface area contributed by atoms with Crippen molar-refractivity contribution >= 4 is 15.4 Å². The van der Waals surface area contributed by atoms with Crippen molar-refractivity contribution in [1.82, 2.24) is 0 Å². The maximum Gasteiger partial charge on any atom is 0.200 e. The molecule has 1 aromatic rings. The molecule has 1 aliphatic heterocycles. The zero-order valence-corrected chi connectivity index (χ0v) is 9.38. The Bertz CT molecular complexity index is 539. The molecule has 1 N–H and O–H groups in total. The lowest BCUT2D eigenvalue weighted by atomic mass is 9.99. The second-order valence-corrected chi connectivity index (χ2v) is 5.51. The summed E-state index contributed by atoms with van der Waals surface area (Å²) in [5.41, 5.74) is 2.02. The van der Waals surface area contributed by atoms with E-state index in [4.69, 9.17) is 0 Å². The third kappa shape index (κ3) is 1.50. The zero-order valence-electron chi connectivity index (χ0n) is 8.56. The molecule has 0 spiro atoms. The highest BCUT2D eigenvalue weighted by Crippen LogP contribution is 2.37. The van der Waals surface area contributed by atoms with E-state index >= 15 is 0 Å². The van der Waals surface area contributed by atoms with Gasteiger partial charge in [0.15, 0.2) is 0 Å². The van der Waals surface area contributed by atoms with Crippen molar-refractivity contribution in [3.8, 4) is 0 Å². The average Bonchev–Trinajstić information content (AvgIpc) is 2.40. The average molecular weight is 224 g/mol. The van der Waals surface area contributed by atoms with Crippen molar-refractivity contribution < 1.29 is 13.5 Å². The molecule has 0 fully saturated rings. The van der Waals surface area contributed by atoms with Gasteiger partial charge in [0.25, 0.3) is 0 Å². The maximum atomic E-state index is 11.7. The third-order valence-corrected chi connectivity index (χ3v) is 4.08. The molecule has 3 nitrogen and oxygen atoms in total. The predicted octanol–water partition coefficient (Wildman–Crippen LogP) is 1.50. The first-order chi connectivity index (χ1) is 6.93. The Hall–Kier alpha value is -1.13. The summed E-state index contributed by atoms with van der Waals surface area (Å²) in [6.07, 6.45) is -0.762. The summed E-state index contributed by atoms with van der Waals surface area (Å²) in [4.78, 5) is 0.304. The van der Waals surface area contributed by atoms with E-state index in [0.717, 1.165) is 11.0 Å². The molecule has 0 aromatic heterocycles. The van der Waals surface area contributed by atoms with Gasteiger partial charge in [0.1, 0.15) is 0 Å². The lowest BCUT2D eigenvalue weighted by Crippen LogP contribution is -2.03. The lowest BCUT2D eigenvalue weighted by Gasteiger charge is -2.09. The van der Waals surface area contributed by atoms with E-state index in [-0.39, 0.29) is 0 Å². The number of sulfone groups is 1. The number of hydrogen-bond donors (Lipinski definition) is 1. The fourth-order valence-corrected chi connectivity index (χ4v) is 3.45. The van der Waals surface area contributed by atoms with Crippen LogP contribution in [0, 0.1) is 6.92 Å². The number of rotatable bonds is 1. The Labute approximate surface area is 89.0 Å². The van der Waals surface area contributed by atoms with Crippen LogP contribution in [0.2, 0.25) is 0 Å². The van der Waals surface area contributed by atoms with Crippen LogP contribution in [0.4, 0.5) is 0 Å². The van der Waals surface area contributed by atoms with Gasteiger partial charge in [0.2, 0.25) is 9.84 Å². The summed E-state index contributed by atoms with van der Waals surface area (Å²) in [6, 6.07) is 5.13. The number of aryl methyl sites for hydroxylation is 1. The van der Waals surface area contributed by atoms with Crippen LogP contribution in [-0.2, 0) is 9.84 Å². The van der Waals surface area contributed by atoms with Gasteiger partial charge in [0.05, 0.1) is 11.0 Å². The van der Waals surface area contributed by atoms with Crippen LogP contribution in [-0.4, -0.2) is 19.6 Å². The summed E-state index contributed by atoms with van der Waals surface area (Å²) >= 11 is 0. The molecule has 80 valence electrons. The third-order valence-electron chi connectivity index (χ3n) is 2.56. The molecule has 2 rings (SSSR count). The molecule has 15 heavy (non-hydrogen) atoms. The standard InChI is InChI=1S/C11H12O3S/c1-7-4-3-5-10-11(7)9(8(2)12)6-15(10,13)14/h3-6,8,12H,1-2H3. The van der Waals surface area contributed by atoms with Gasteiger partial charge in [-0.3, -0.25) is 0 Å². The van der Waals surface area contributed by atoms with Crippen molar-refractivity contribution in [2.45, 2.75) is 24.8 Å². The number of hydrogen-bond acceptors (Lipinski definition) is 3. The van der Waals surface area contributed by atoms with Gasteiger partial charge in [-0.2, -0.15) is 0 Å². The first-order valence-corrected chi connectivity index (χ1v) is 6.23. The number of aliphatic hydroxyl groups is 1. The topological polar surface area (TPSA) is 54.4 Å². The van der Waals surface area contributed by atoms with Crippen LogP contribution in [0.1, 0.15) is 18.1 Å². The van der Waals surface area contributed by atoms with Gasteiger partial charge < -0.3 is 5.11 Å². The zero-order chi connectivity index (χ0) is 11.2. The van der Waals surface area contributed by atoms with Gasteiger partial charge >= 0.3 is 0 Å². The van der Waals surface area contributed by atoms with E-state index in [1.165, 1.54) is 0 Å². The molecular weight excluding hydrogens is 212 g/mol. The molecule has 1 atom stereocenters. The van der Waals surface area contributed by atoms with Crippen molar-refractivity contribution in [1.29, 1.82) is 0 Å². The summed E-state index contributed by atoms with van der Waals surface area (Å²) in [7, 11) is -3.34. The largest absolute Gasteiger partial charge is 0.389 e. The van der Waals surface area contributed by atoms with E-state index in [2.05, 4.69) is 0 Å². The summed E-state index contributed by atoms with van der Waals surface area (Å²) in [5.74, 6) is 0. The molecule has 4 heteroatoms. The minimum atomic E-state index is -3.34. The minimum Gasteiger partial charge on any atom is -0.389 e. The second kappa shape index (κ2) is 3.18. The smallest absolute Gasteiger partial charge is 0.200 e. The molecule has 0 amide bonds. The van der Waals surface area contributed by atoms with Gasteiger partial charge in [-0.15, -0.1) is 0 Å². The summed E-state index contributed by atoms with van der Waals surface area (Å²) in [5, 5.41) is 10.7. The van der Waals surface area contributed by atoms with Crippen LogP contribution < -0.4 is 0 Å². The summed E-state index contributed by atoms with van der Waals surface area (Å²) in [6.45, 7) is 3.42. The van der Waals surface area contributed by atoms with Crippen LogP contribution >= 0.6 is 0 Å². The Morgan fingerprint density at radius 3 is 2.60 bits per heavy atom. The molecule has 1 heterocycles. The van der Waals surface area contributed by atoms with Crippen molar-refractivity contribution in [2.24, 2.45) is 0 Å². The highest BCUT2D eigenvalue weighted by atomic mass is 32.2. The molecule has 1 aromatic carbocycles. The highest BCUT2D eigenvalue weighted by molar-refractivity contribution is 7.95. The van der Waals surface area contributed by atoms with Crippen molar-refractivity contribution in [2.75, 3.05) is 0 Å². The molecule has 0 saturated heterocycles. The van der Waals surface area contributed by atoms with Gasteiger partial charge in [-0.1, -0.05) is 12.1 Å². The Morgan fingerprint density at radius 1 is 1.33 bits per heavy atom. The molecule has 0 bridgehead atoms. The minimum absolute atomic E-state index is 0.304. The van der Waals surface area contributed by atoms with E-state index < -0.39 is 15.9 Å². The SMILES string of the molecule is Cc1cccc2c1C(C(C)O)=CS2(=O)=O. The van der Waals surface area contributed by atoms with Crippen LogP contribution in [0.5, 0.6) is 0 Å². The second-order valence-electron chi connectivity index (χ2n) is 3.74. The Kier molecular flexibility index (Phi) is 2.20. The van der Waals surface area contributed by atoms with E-state index in [1.807, 2.05) is 13.0 Å². The van der Waals surface area contributed by atoms with Gasteiger partial charge in [-0.25, -0.2) is 8.42 Å². The monoisotopic (exact) mass is 224 g/mol. The van der Waals surface area contributed by atoms with Crippen molar-refractivity contribution in [3.05, 3.63) is 34.7 Å². The van der Waals surface area contributed by atoms with Crippen LogP contribution in [0.15, 0.2) is 28.5 Å². The van der Waals surface area contributed by atoms with Crippen LogP contribution in [0.3, 0.4) is 0 Å². The normalized spacial score (nSPS) is 19.5. The molecule has 0 radical (unpaired) electrons. The molecule has 1 aliphatic rings. The number of fused-ring (bicyclic) bond motifs is 1.